The lowest BCUT2D eigenvalue weighted by Gasteiger charge is -2.08. The highest BCUT2D eigenvalue weighted by atomic mass is 16.5. The number of pyridine rings is 2. The van der Waals surface area contributed by atoms with E-state index in [1.807, 2.05) is 18.2 Å². The molecule has 1 fully saturated rings. The van der Waals surface area contributed by atoms with Crippen LogP contribution in [0, 0.1) is 0 Å². The van der Waals surface area contributed by atoms with Crippen LogP contribution in [0.2, 0.25) is 0 Å². The number of amides is 1. The van der Waals surface area contributed by atoms with Crippen molar-refractivity contribution < 1.29 is 14.3 Å². The second kappa shape index (κ2) is 8.14. The third-order valence-corrected chi connectivity index (χ3v) is 5.00. The van der Waals surface area contributed by atoms with Gasteiger partial charge in [-0.15, -0.1) is 0 Å². The van der Waals surface area contributed by atoms with Gasteiger partial charge in [0, 0.05) is 17.8 Å². The molecule has 1 aliphatic rings. The van der Waals surface area contributed by atoms with Crippen molar-refractivity contribution in [2.45, 2.75) is 18.9 Å². The Balaban J connectivity index is 1.38. The number of rotatable bonds is 7. The maximum Gasteiger partial charge on any atom is 0.270 e. The fourth-order valence-electron chi connectivity index (χ4n) is 3.22. The first-order valence-corrected chi connectivity index (χ1v) is 10.1. The maximum atomic E-state index is 12.2. The minimum Gasteiger partial charge on any atom is -0.491 e. The molecule has 4 heterocycles. The van der Waals surface area contributed by atoms with Crippen molar-refractivity contribution in [3.8, 4) is 22.9 Å². The van der Waals surface area contributed by atoms with Crippen molar-refractivity contribution in [3.63, 3.8) is 0 Å². The zero-order valence-corrected chi connectivity index (χ0v) is 17.6. The highest BCUT2D eigenvalue weighted by molar-refractivity contribution is 5.93. The first-order valence-electron chi connectivity index (χ1n) is 10.1. The van der Waals surface area contributed by atoms with Gasteiger partial charge in [0.15, 0.2) is 17.2 Å². The van der Waals surface area contributed by atoms with Crippen LogP contribution in [0.1, 0.15) is 23.3 Å². The van der Waals surface area contributed by atoms with Crippen LogP contribution in [0.4, 0.5) is 11.6 Å². The monoisotopic (exact) mass is 431 g/mol. The normalized spacial score (nSPS) is 13.1. The highest BCUT2D eigenvalue weighted by Crippen LogP contribution is 2.29. The summed E-state index contributed by atoms with van der Waals surface area (Å²) in [6, 6.07) is 11.1. The quantitative estimate of drug-likeness (QED) is 0.459. The Morgan fingerprint density at radius 1 is 1.09 bits per heavy atom. The van der Waals surface area contributed by atoms with Gasteiger partial charge in [0.05, 0.1) is 26.1 Å². The number of ether oxygens (including phenoxy) is 2. The molecule has 0 bridgehead atoms. The molecule has 10 nitrogen and oxygen atoms in total. The number of nitrogens with one attached hydrogen (secondary N) is 2. The number of hydrogen-bond acceptors (Lipinski definition) is 8. The van der Waals surface area contributed by atoms with E-state index in [9.17, 15) is 4.79 Å². The predicted molar refractivity (Wildman–Crippen MR) is 117 cm³/mol. The van der Waals surface area contributed by atoms with Crippen molar-refractivity contribution in [1.82, 2.24) is 29.9 Å². The molecule has 5 rings (SSSR count). The van der Waals surface area contributed by atoms with Crippen LogP contribution < -0.4 is 20.1 Å². The van der Waals surface area contributed by atoms with Gasteiger partial charge >= 0.3 is 0 Å². The van der Waals surface area contributed by atoms with E-state index >= 15 is 0 Å². The Morgan fingerprint density at radius 3 is 2.75 bits per heavy atom. The largest absolute Gasteiger partial charge is 0.491 e. The summed E-state index contributed by atoms with van der Waals surface area (Å²) in [4.78, 5) is 25.4. The van der Waals surface area contributed by atoms with Crippen molar-refractivity contribution in [3.05, 3.63) is 54.5 Å². The van der Waals surface area contributed by atoms with E-state index in [1.165, 1.54) is 0 Å². The number of methoxy groups -OCH3 is 2. The van der Waals surface area contributed by atoms with Crippen LogP contribution in [-0.2, 0) is 0 Å². The highest BCUT2D eigenvalue weighted by Gasteiger charge is 2.24. The first-order chi connectivity index (χ1) is 15.6. The van der Waals surface area contributed by atoms with Crippen molar-refractivity contribution >= 4 is 23.2 Å². The van der Waals surface area contributed by atoms with Crippen molar-refractivity contribution in [2.24, 2.45) is 0 Å². The van der Waals surface area contributed by atoms with Gasteiger partial charge in [0.25, 0.3) is 11.8 Å². The Bertz CT molecular complexity index is 1300. The summed E-state index contributed by atoms with van der Waals surface area (Å²) in [6.07, 6.45) is 5.48. The molecule has 10 heteroatoms. The minimum absolute atomic E-state index is 0.166. The number of carbonyl (C=O) groups excluding carboxylic acids is 1. The number of carbonyl (C=O) groups is 1. The average Bonchev–Trinajstić information content (AvgIpc) is 3.54. The molecule has 1 amide bonds. The number of aromatic nitrogens is 5. The number of anilines is 2. The lowest BCUT2D eigenvalue weighted by molar-refractivity contribution is 0.0946. The molecular formula is C22H21N7O3. The SMILES string of the molecule is COc1cc(-c2ccc3nc(Nc4cccc(C(=O)NC5CC5)n4)cn3n2)cnc1OC. The van der Waals surface area contributed by atoms with Gasteiger partial charge in [-0.2, -0.15) is 5.10 Å². The first kappa shape index (κ1) is 19.7. The van der Waals surface area contributed by atoms with E-state index in [1.54, 1.807) is 49.3 Å². The van der Waals surface area contributed by atoms with Crippen LogP contribution >= 0.6 is 0 Å². The third-order valence-electron chi connectivity index (χ3n) is 5.00. The molecule has 162 valence electrons. The summed E-state index contributed by atoms with van der Waals surface area (Å²) in [6.45, 7) is 0. The van der Waals surface area contributed by atoms with Crippen LogP contribution in [0.3, 0.4) is 0 Å². The summed E-state index contributed by atoms with van der Waals surface area (Å²) in [7, 11) is 3.10. The Morgan fingerprint density at radius 2 is 1.97 bits per heavy atom. The fraction of sp³-hybridized carbons (Fsp3) is 0.227. The van der Waals surface area contributed by atoms with Gasteiger partial charge in [-0.1, -0.05) is 6.07 Å². The smallest absolute Gasteiger partial charge is 0.270 e. The van der Waals surface area contributed by atoms with Gasteiger partial charge < -0.3 is 20.1 Å². The van der Waals surface area contributed by atoms with E-state index in [0.29, 0.717) is 40.3 Å². The van der Waals surface area contributed by atoms with Crippen LogP contribution in [-0.4, -0.2) is 50.7 Å². The lowest BCUT2D eigenvalue weighted by atomic mass is 10.2. The summed E-state index contributed by atoms with van der Waals surface area (Å²) in [5, 5.41) is 10.7. The summed E-state index contributed by atoms with van der Waals surface area (Å²) in [5.74, 6) is 1.86. The van der Waals surface area contributed by atoms with Gasteiger partial charge in [0.2, 0.25) is 0 Å². The molecule has 0 spiro atoms. The van der Waals surface area contributed by atoms with Gasteiger partial charge in [-0.05, 0) is 43.2 Å². The topological polar surface area (TPSA) is 116 Å². The molecular weight excluding hydrogens is 410 g/mol. The molecule has 1 saturated carbocycles. The Labute approximate surface area is 183 Å². The summed E-state index contributed by atoms with van der Waals surface area (Å²) < 4.78 is 12.2. The van der Waals surface area contributed by atoms with E-state index in [-0.39, 0.29) is 11.9 Å². The molecule has 0 unspecified atom stereocenters. The van der Waals surface area contributed by atoms with Crippen LogP contribution in [0.5, 0.6) is 11.6 Å². The van der Waals surface area contributed by atoms with E-state index in [0.717, 1.165) is 18.4 Å². The number of fused-ring (bicyclic) bond motifs is 1. The van der Waals surface area contributed by atoms with Crippen molar-refractivity contribution in [1.29, 1.82) is 0 Å². The molecule has 32 heavy (non-hydrogen) atoms. The Hall–Kier alpha value is -4.21. The molecule has 0 aliphatic heterocycles. The number of hydrogen-bond donors (Lipinski definition) is 2. The zero-order valence-electron chi connectivity index (χ0n) is 17.6. The third kappa shape index (κ3) is 4.02. The minimum atomic E-state index is -0.166. The van der Waals surface area contributed by atoms with E-state index in [2.05, 4.69) is 30.7 Å². The number of imidazole rings is 1. The lowest BCUT2D eigenvalue weighted by Crippen LogP contribution is -2.26. The second-order valence-corrected chi connectivity index (χ2v) is 7.36. The average molecular weight is 431 g/mol. The standard InChI is InChI=1S/C22H21N7O3/c1-31-17-10-13(11-23-22(17)32-2)15-8-9-20-27-19(12-29(20)28-15)26-18-5-3-4-16(25-18)21(30)24-14-6-7-14/h3-5,8-12,14H,6-7H2,1-2H3,(H,24,30)(H,25,26). The second-order valence-electron chi connectivity index (χ2n) is 7.36. The molecule has 0 saturated heterocycles. The molecule has 4 aromatic rings. The molecule has 0 radical (unpaired) electrons. The predicted octanol–water partition coefficient (Wildman–Crippen LogP) is 2.84. The van der Waals surface area contributed by atoms with Crippen LogP contribution in [0.25, 0.3) is 16.9 Å². The van der Waals surface area contributed by atoms with Gasteiger partial charge in [-0.25, -0.2) is 19.5 Å². The number of nitrogens with zero attached hydrogens (tertiary/aromatic N) is 5. The van der Waals surface area contributed by atoms with Crippen LogP contribution in [0.15, 0.2) is 48.8 Å². The molecule has 2 N–H and O–H groups in total. The summed E-state index contributed by atoms with van der Waals surface area (Å²) >= 11 is 0. The fourth-order valence-corrected chi connectivity index (χ4v) is 3.22. The molecule has 0 atom stereocenters. The van der Waals surface area contributed by atoms with E-state index < -0.39 is 0 Å². The maximum absolute atomic E-state index is 12.2. The van der Waals surface area contributed by atoms with Gasteiger partial charge in [-0.3, -0.25) is 4.79 Å². The summed E-state index contributed by atoms with van der Waals surface area (Å²) in [5.41, 5.74) is 2.51. The van der Waals surface area contributed by atoms with Gasteiger partial charge in [0.1, 0.15) is 11.5 Å². The molecule has 1 aliphatic carbocycles. The molecule has 4 aromatic heterocycles. The Kier molecular flexibility index (Phi) is 5.02. The van der Waals surface area contributed by atoms with E-state index in [4.69, 9.17) is 9.47 Å². The molecule has 0 aromatic carbocycles. The zero-order chi connectivity index (χ0) is 22.1. The van der Waals surface area contributed by atoms with Crippen molar-refractivity contribution in [2.75, 3.05) is 19.5 Å².